The highest BCUT2D eigenvalue weighted by atomic mass is 127. The quantitative estimate of drug-likeness (QED) is 0.235. The molecular formula is C19H35IN4O2. The number of ether oxygens (including phenoxy) is 1. The van der Waals surface area contributed by atoms with Crippen LogP contribution in [0.1, 0.15) is 38.4 Å². The van der Waals surface area contributed by atoms with Gasteiger partial charge in [-0.15, -0.1) is 24.0 Å². The molecule has 0 aromatic carbocycles. The van der Waals surface area contributed by atoms with Crippen molar-refractivity contribution < 1.29 is 9.15 Å². The van der Waals surface area contributed by atoms with Crippen LogP contribution in [0.5, 0.6) is 0 Å². The van der Waals surface area contributed by atoms with Gasteiger partial charge in [0.05, 0.1) is 19.4 Å². The van der Waals surface area contributed by atoms with Gasteiger partial charge in [0.25, 0.3) is 0 Å². The minimum absolute atomic E-state index is 0. The summed E-state index contributed by atoms with van der Waals surface area (Å²) >= 11 is 0. The SMILES string of the molecule is CCCCN1CCC(NC(=NCCOC)NCCc2ccco2)CC1.I. The number of unbranched alkanes of at least 4 members (excludes halogenated alkanes) is 1. The van der Waals surface area contributed by atoms with Gasteiger partial charge < -0.3 is 24.7 Å². The lowest BCUT2D eigenvalue weighted by Gasteiger charge is -2.33. The minimum Gasteiger partial charge on any atom is -0.469 e. The van der Waals surface area contributed by atoms with E-state index in [1.807, 2.05) is 12.1 Å². The Morgan fingerprint density at radius 3 is 2.85 bits per heavy atom. The molecule has 1 fully saturated rings. The van der Waals surface area contributed by atoms with Gasteiger partial charge in [-0.1, -0.05) is 13.3 Å². The van der Waals surface area contributed by atoms with Crippen molar-refractivity contribution in [2.45, 2.75) is 45.1 Å². The highest BCUT2D eigenvalue weighted by Gasteiger charge is 2.19. The second kappa shape index (κ2) is 14.3. The predicted octanol–water partition coefficient (Wildman–Crippen LogP) is 2.89. The normalized spacial score (nSPS) is 16.3. The Bertz CT molecular complexity index is 474. The van der Waals surface area contributed by atoms with Gasteiger partial charge in [-0.05, 0) is 37.9 Å². The molecule has 0 aliphatic carbocycles. The summed E-state index contributed by atoms with van der Waals surface area (Å²) in [7, 11) is 1.71. The van der Waals surface area contributed by atoms with Gasteiger partial charge in [0.2, 0.25) is 0 Å². The summed E-state index contributed by atoms with van der Waals surface area (Å²) in [5.74, 6) is 1.88. The van der Waals surface area contributed by atoms with Crippen molar-refractivity contribution >= 4 is 29.9 Å². The van der Waals surface area contributed by atoms with Crippen LogP contribution in [-0.4, -0.2) is 63.3 Å². The first-order chi connectivity index (χ1) is 12.3. The second-order valence-corrected chi connectivity index (χ2v) is 6.59. The van der Waals surface area contributed by atoms with E-state index in [9.17, 15) is 0 Å². The first-order valence-electron chi connectivity index (χ1n) is 9.60. The molecule has 1 saturated heterocycles. The van der Waals surface area contributed by atoms with Crippen LogP contribution in [-0.2, 0) is 11.2 Å². The van der Waals surface area contributed by atoms with Gasteiger partial charge in [-0.25, -0.2) is 0 Å². The number of likely N-dealkylation sites (tertiary alicyclic amines) is 1. The van der Waals surface area contributed by atoms with Crippen molar-refractivity contribution in [3.63, 3.8) is 0 Å². The number of rotatable bonds is 10. The molecular weight excluding hydrogens is 443 g/mol. The number of methoxy groups -OCH3 is 1. The van der Waals surface area contributed by atoms with Gasteiger partial charge >= 0.3 is 0 Å². The number of furan rings is 1. The summed E-state index contributed by atoms with van der Waals surface area (Å²) in [6.07, 6.45) is 7.49. The summed E-state index contributed by atoms with van der Waals surface area (Å²) in [4.78, 5) is 7.20. The minimum atomic E-state index is 0. The van der Waals surface area contributed by atoms with Gasteiger partial charge in [-0.3, -0.25) is 4.99 Å². The van der Waals surface area contributed by atoms with Gasteiger partial charge in [0.1, 0.15) is 5.76 Å². The molecule has 0 spiro atoms. The van der Waals surface area contributed by atoms with Crippen molar-refractivity contribution in [2.24, 2.45) is 4.99 Å². The van der Waals surface area contributed by atoms with E-state index in [4.69, 9.17) is 9.15 Å². The van der Waals surface area contributed by atoms with E-state index >= 15 is 0 Å². The highest BCUT2D eigenvalue weighted by Crippen LogP contribution is 2.11. The number of halogens is 1. The molecule has 0 atom stereocenters. The molecule has 0 unspecified atom stereocenters. The molecule has 1 aliphatic heterocycles. The van der Waals surface area contributed by atoms with E-state index < -0.39 is 0 Å². The first kappa shape index (κ1) is 23.2. The Balaban J connectivity index is 0.00000338. The van der Waals surface area contributed by atoms with Crippen molar-refractivity contribution in [3.05, 3.63) is 24.2 Å². The Morgan fingerprint density at radius 1 is 1.38 bits per heavy atom. The second-order valence-electron chi connectivity index (χ2n) is 6.59. The smallest absolute Gasteiger partial charge is 0.191 e. The summed E-state index contributed by atoms with van der Waals surface area (Å²) < 4.78 is 10.5. The average Bonchev–Trinajstić information content (AvgIpc) is 3.14. The molecule has 1 aromatic heterocycles. The van der Waals surface area contributed by atoms with Crippen molar-refractivity contribution in [3.8, 4) is 0 Å². The summed E-state index contributed by atoms with van der Waals surface area (Å²) in [5.41, 5.74) is 0. The Morgan fingerprint density at radius 2 is 2.19 bits per heavy atom. The van der Waals surface area contributed by atoms with Crippen molar-refractivity contribution in [1.82, 2.24) is 15.5 Å². The van der Waals surface area contributed by atoms with E-state index in [1.165, 1.54) is 45.3 Å². The van der Waals surface area contributed by atoms with E-state index in [0.29, 0.717) is 19.2 Å². The number of piperidine rings is 1. The van der Waals surface area contributed by atoms with Gasteiger partial charge in [0.15, 0.2) is 5.96 Å². The number of nitrogens with zero attached hydrogens (tertiary/aromatic N) is 2. The lowest BCUT2D eigenvalue weighted by Crippen LogP contribution is -2.49. The third-order valence-electron chi connectivity index (χ3n) is 4.57. The zero-order valence-corrected chi connectivity index (χ0v) is 18.5. The predicted molar refractivity (Wildman–Crippen MR) is 118 cm³/mol. The summed E-state index contributed by atoms with van der Waals surface area (Å²) in [5, 5.41) is 7.02. The number of aliphatic imine (C=N–C) groups is 1. The molecule has 2 N–H and O–H groups in total. The fourth-order valence-corrected chi connectivity index (χ4v) is 3.04. The van der Waals surface area contributed by atoms with E-state index in [2.05, 4.69) is 27.4 Å². The van der Waals surface area contributed by atoms with Crippen LogP contribution in [0.15, 0.2) is 27.8 Å². The summed E-state index contributed by atoms with van der Waals surface area (Å²) in [6.45, 7) is 7.96. The molecule has 150 valence electrons. The summed E-state index contributed by atoms with van der Waals surface area (Å²) in [6, 6.07) is 4.42. The maximum atomic E-state index is 5.38. The van der Waals surface area contributed by atoms with Gasteiger partial charge in [0, 0.05) is 39.2 Å². The lowest BCUT2D eigenvalue weighted by molar-refractivity contribution is 0.202. The number of hydrogen-bond donors (Lipinski definition) is 2. The zero-order chi connectivity index (χ0) is 17.7. The molecule has 0 bridgehead atoms. The Labute approximate surface area is 175 Å². The van der Waals surface area contributed by atoms with Crippen molar-refractivity contribution in [2.75, 3.05) is 46.4 Å². The third kappa shape index (κ3) is 9.23. The molecule has 0 amide bonds. The van der Waals surface area contributed by atoms with Crippen LogP contribution in [0, 0.1) is 0 Å². The third-order valence-corrected chi connectivity index (χ3v) is 4.57. The molecule has 1 aromatic rings. The molecule has 1 aliphatic rings. The average molecular weight is 478 g/mol. The van der Waals surface area contributed by atoms with Crippen LogP contribution in [0.4, 0.5) is 0 Å². The highest BCUT2D eigenvalue weighted by molar-refractivity contribution is 14.0. The van der Waals surface area contributed by atoms with E-state index in [0.717, 1.165) is 24.7 Å². The molecule has 2 rings (SSSR count). The topological polar surface area (TPSA) is 62.0 Å². The molecule has 26 heavy (non-hydrogen) atoms. The zero-order valence-electron chi connectivity index (χ0n) is 16.2. The number of hydrogen-bond acceptors (Lipinski definition) is 4. The van der Waals surface area contributed by atoms with E-state index in [1.54, 1.807) is 13.4 Å². The van der Waals surface area contributed by atoms with Crippen LogP contribution in [0.2, 0.25) is 0 Å². The molecule has 0 radical (unpaired) electrons. The maximum Gasteiger partial charge on any atom is 0.191 e. The van der Waals surface area contributed by atoms with Crippen LogP contribution >= 0.6 is 24.0 Å². The first-order valence-corrected chi connectivity index (χ1v) is 9.60. The van der Waals surface area contributed by atoms with E-state index in [-0.39, 0.29) is 24.0 Å². The molecule has 2 heterocycles. The standard InChI is InChI=1S/C19H34N4O2.HI/c1-3-4-12-23-13-8-17(9-14-23)22-19(21-11-16-24-2)20-10-7-18-6-5-15-25-18;/h5-6,15,17H,3-4,7-14,16H2,1-2H3,(H2,20,21,22);1H. The molecule has 7 heteroatoms. The molecule has 6 nitrogen and oxygen atoms in total. The molecule has 0 saturated carbocycles. The van der Waals surface area contributed by atoms with Crippen molar-refractivity contribution in [1.29, 1.82) is 0 Å². The fourth-order valence-electron chi connectivity index (χ4n) is 3.04. The maximum absolute atomic E-state index is 5.38. The largest absolute Gasteiger partial charge is 0.469 e. The lowest BCUT2D eigenvalue weighted by atomic mass is 10.0. The van der Waals surface area contributed by atoms with Crippen LogP contribution in [0.3, 0.4) is 0 Å². The van der Waals surface area contributed by atoms with Gasteiger partial charge in [-0.2, -0.15) is 0 Å². The van der Waals surface area contributed by atoms with Crippen LogP contribution < -0.4 is 10.6 Å². The number of nitrogens with one attached hydrogen (secondary N) is 2. The monoisotopic (exact) mass is 478 g/mol. The fraction of sp³-hybridized carbons (Fsp3) is 0.737. The van der Waals surface area contributed by atoms with Crippen LogP contribution in [0.25, 0.3) is 0 Å². The Hall–Kier alpha value is -0.800. The number of guanidine groups is 1. The Kier molecular flexibility index (Phi) is 12.8.